The molecule has 0 spiro atoms. The molecule has 0 radical (unpaired) electrons. The van der Waals surface area contributed by atoms with E-state index in [9.17, 15) is 4.39 Å². The highest BCUT2D eigenvalue weighted by atomic mass is 32.2. The number of methoxy groups -OCH3 is 1. The second-order valence-corrected chi connectivity index (χ2v) is 4.51. The van der Waals surface area contributed by atoms with E-state index in [0.29, 0.717) is 11.3 Å². The van der Waals surface area contributed by atoms with Gasteiger partial charge in [-0.2, -0.15) is 11.8 Å². The van der Waals surface area contributed by atoms with Crippen LogP contribution >= 0.6 is 11.8 Å². The lowest BCUT2D eigenvalue weighted by atomic mass is 10.1. The van der Waals surface area contributed by atoms with E-state index >= 15 is 0 Å². The van der Waals surface area contributed by atoms with Crippen molar-refractivity contribution in [2.75, 3.05) is 25.7 Å². The first kappa shape index (κ1) is 13.3. The molecule has 1 aromatic carbocycles. The van der Waals surface area contributed by atoms with Crippen molar-refractivity contribution in [1.29, 1.82) is 0 Å². The molecular formula is C12H18FNOS. The van der Waals surface area contributed by atoms with Crippen LogP contribution in [0, 0.1) is 5.82 Å². The number of halogens is 1. The van der Waals surface area contributed by atoms with Crippen molar-refractivity contribution in [3.8, 4) is 5.75 Å². The van der Waals surface area contributed by atoms with Crippen LogP contribution in [0.1, 0.15) is 18.5 Å². The molecule has 0 saturated carbocycles. The van der Waals surface area contributed by atoms with Gasteiger partial charge in [-0.1, -0.05) is 6.07 Å². The summed E-state index contributed by atoms with van der Waals surface area (Å²) in [4.78, 5) is 0. The van der Waals surface area contributed by atoms with Crippen LogP contribution < -0.4 is 10.1 Å². The molecule has 1 N–H and O–H groups in total. The molecule has 0 aliphatic heterocycles. The summed E-state index contributed by atoms with van der Waals surface area (Å²) in [5.41, 5.74) is 0.603. The highest BCUT2D eigenvalue weighted by Crippen LogP contribution is 2.27. The van der Waals surface area contributed by atoms with Crippen LogP contribution in [0.3, 0.4) is 0 Å². The van der Waals surface area contributed by atoms with Gasteiger partial charge in [0.15, 0.2) is 0 Å². The molecule has 0 heterocycles. The standard InChI is InChI=1S/C12H18FNOS/c1-9(14-7-8-16-3)12-10(13)5-4-6-11(12)15-2/h4-6,9,14H,7-8H2,1-3H3. The van der Waals surface area contributed by atoms with Crippen LogP contribution in [0.25, 0.3) is 0 Å². The van der Waals surface area contributed by atoms with Gasteiger partial charge in [-0.3, -0.25) is 0 Å². The summed E-state index contributed by atoms with van der Waals surface area (Å²) < 4.78 is 18.8. The molecule has 0 amide bonds. The Morgan fingerprint density at radius 2 is 2.25 bits per heavy atom. The van der Waals surface area contributed by atoms with E-state index in [0.717, 1.165) is 12.3 Å². The lowest BCUT2D eigenvalue weighted by Crippen LogP contribution is -2.22. The molecule has 0 saturated heterocycles. The van der Waals surface area contributed by atoms with Gasteiger partial charge in [0.05, 0.1) is 7.11 Å². The van der Waals surface area contributed by atoms with Crippen molar-refractivity contribution < 1.29 is 9.13 Å². The lowest BCUT2D eigenvalue weighted by Gasteiger charge is -2.17. The number of nitrogens with one attached hydrogen (secondary N) is 1. The van der Waals surface area contributed by atoms with E-state index in [1.54, 1.807) is 31.0 Å². The van der Waals surface area contributed by atoms with Gasteiger partial charge in [0.2, 0.25) is 0 Å². The smallest absolute Gasteiger partial charge is 0.131 e. The van der Waals surface area contributed by atoms with Crippen LogP contribution in [0.4, 0.5) is 4.39 Å². The summed E-state index contributed by atoms with van der Waals surface area (Å²) in [6.07, 6.45) is 2.05. The first-order chi connectivity index (χ1) is 7.70. The van der Waals surface area contributed by atoms with Gasteiger partial charge in [0, 0.05) is 23.9 Å². The Bertz CT molecular complexity index is 333. The van der Waals surface area contributed by atoms with Crippen LogP contribution in [-0.4, -0.2) is 25.7 Å². The maximum absolute atomic E-state index is 13.7. The highest BCUT2D eigenvalue weighted by molar-refractivity contribution is 7.98. The maximum Gasteiger partial charge on any atom is 0.131 e. The minimum atomic E-state index is -0.219. The van der Waals surface area contributed by atoms with E-state index < -0.39 is 0 Å². The minimum Gasteiger partial charge on any atom is -0.496 e. The van der Waals surface area contributed by atoms with E-state index in [4.69, 9.17) is 4.74 Å². The topological polar surface area (TPSA) is 21.3 Å². The molecule has 1 atom stereocenters. The Hall–Kier alpha value is -0.740. The van der Waals surface area contributed by atoms with Gasteiger partial charge in [-0.25, -0.2) is 4.39 Å². The molecule has 0 aliphatic rings. The Kier molecular flexibility index (Phi) is 5.63. The Balaban J connectivity index is 2.76. The first-order valence-corrected chi connectivity index (χ1v) is 6.64. The van der Waals surface area contributed by atoms with E-state index in [2.05, 4.69) is 11.6 Å². The second kappa shape index (κ2) is 6.76. The fourth-order valence-corrected chi connectivity index (χ4v) is 1.92. The lowest BCUT2D eigenvalue weighted by molar-refractivity contribution is 0.395. The summed E-state index contributed by atoms with van der Waals surface area (Å²) >= 11 is 1.77. The van der Waals surface area contributed by atoms with Crippen LogP contribution in [0.5, 0.6) is 5.75 Å². The molecule has 1 aromatic rings. The molecule has 0 bridgehead atoms. The normalized spacial score (nSPS) is 12.5. The van der Waals surface area contributed by atoms with Crippen molar-refractivity contribution in [2.45, 2.75) is 13.0 Å². The van der Waals surface area contributed by atoms with Gasteiger partial charge in [-0.05, 0) is 25.3 Å². The van der Waals surface area contributed by atoms with Crippen LogP contribution in [-0.2, 0) is 0 Å². The van der Waals surface area contributed by atoms with Gasteiger partial charge in [0.25, 0.3) is 0 Å². The van der Waals surface area contributed by atoms with E-state index in [1.807, 2.05) is 6.92 Å². The predicted octanol–water partition coefficient (Wildman–Crippen LogP) is 2.85. The van der Waals surface area contributed by atoms with E-state index in [-0.39, 0.29) is 11.9 Å². The zero-order chi connectivity index (χ0) is 12.0. The summed E-state index contributed by atoms with van der Waals surface area (Å²) in [5.74, 6) is 1.40. The monoisotopic (exact) mass is 243 g/mol. The average molecular weight is 243 g/mol. The number of rotatable bonds is 6. The SMILES string of the molecule is COc1cccc(F)c1C(C)NCCSC. The fraction of sp³-hybridized carbons (Fsp3) is 0.500. The quantitative estimate of drug-likeness (QED) is 0.776. The van der Waals surface area contributed by atoms with Crippen molar-refractivity contribution >= 4 is 11.8 Å². The number of ether oxygens (including phenoxy) is 1. The van der Waals surface area contributed by atoms with Gasteiger partial charge >= 0.3 is 0 Å². The van der Waals surface area contributed by atoms with E-state index in [1.165, 1.54) is 6.07 Å². The summed E-state index contributed by atoms with van der Waals surface area (Å²) in [6.45, 7) is 2.81. The van der Waals surface area contributed by atoms with Crippen molar-refractivity contribution in [3.63, 3.8) is 0 Å². The van der Waals surface area contributed by atoms with Crippen LogP contribution in [0.15, 0.2) is 18.2 Å². The molecule has 16 heavy (non-hydrogen) atoms. The predicted molar refractivity (Wildman–Crippen MR) is 67.8 cm³/mol. The Morgan fingerprint density at radius 1 is 1.50 bits per heavy atom. The van der Waals surface area contributed by atoms with Crippen molar-refractivity contribution in [1.82, 2.24) is 5.32 Å². The van der Waals surface area contributed by atoms with Gasteiger partial charge in [0.1, 0.15) is 11.6 Å². The number of hydrogen-bond donors (Lipinski definition) is 1. The molecule has 4 heteroatoms. The van der Waals surface area contributed by atoms with Gasteiger partial charge in [-0.15, -0.1) is 0 Å². The van der Waals surface area contributed by atoms with Gasteiger partial charge < -0.3 is 10.1 Å². The largest absolute Gasteiger partial charge is 0.496 e. The first-order valence-electron chi connectivity index (χ1n) is 5.25. The average Bonchev–Trinajstić information content (AvgIpc) is 2.28. The third-order valence-electron chi connectivity index (χ3n) is 2.42. The zero-order valence-electron chi connectivity index (χ0n) is 9.92. The van der Waals surface area contributed by atoms with Crippen LogP contribution in [0.2, 0.25) is 0 Å². The minimum absolute atomic E-state index is 0.0386. The Morgan fingerprint density at radius 3 is 2.88 bits per heavy atom. The summed E-state index contributed by atoms with van der Waals surface area (Å²) in [5, 5.41) is 3.27. The third-order valence-corrected chi connectivity index (χ3v) is 3.03. The summed E-state index contributed by atoms with van der Waals surface area (Å²) in [6, 6.07) is 4.87. The van der Waals surface area contributed by atoms with Crippen molar-refractivity contribution in [2.24, 2.45) is 0 Å². The molecule has 2 nitrogen and oxygen atoms in total. The highest BCUT2D eigenvalue weighted by Gasteiger charge is 2.15. The number of thioether (sulfide) groups is 1. The maximum atomic E-state index is 13.7. The second-order valence-electron chi connectivity index (χ2n) is 3.52. The number of benzene rings is 1. The van der Waals surface area contributed by atoms with Crippen molar-refractivity contribution in [3.05, 3.63) is 29.6 Å². The zero-order valence-corrected chi connectivity index (χ0v) is 10.7. The molecular weight excluding hydrogens is 225 g/mol. The molecule has 1 unspecified atom stereocenters. The number of hydrogen-bond acceptors (Lipinski definition) is 3. The summed E-state index contributed by atoms with van der Waals surface area (Å²) in [7, 11) is 1.56. The molecule has 90 valence electrons. The molecule has 0 aromatic heterocycles. The molecule has 1 rings (SSSR count). The molecule has 0 fully saturated rings. The molecule has 0 aliphatic carbocycles. The third kappa shape index (κ3) is 3.39. The Labute approximate surface area is 101 Å². The fourth-order valence-electron chi connectivity index (χ4n) is 1.60.